The van der Waals surface area contributed by atoms with Crippen LogP contribution >= 0.6 is 0 Å². The van der Waals surface area contributed by atoms with Crippen LogP contribution in [0, 0.1) is 11.8 Å². The summed E-state index contributed by atoms with van der Waals surface area (Å²) in [7, 11) is 0. The number of likely N-dealkylation sites (N-methyl/N-ethyl adjacent to an activating group) is 1. The van der Waals surface area contributed by atoms with E-state index in [2.05, 4.69) is 10.6 Å². The van der Waals surface area contributed by atoms with E-state index in [1.54, 1.807) is 6.92 Å². The summed E-state index contributed by atoms with van der Waals surface area (Å²) in [5.74, 6) is 0.336. The van der Waals surface area contributed by atoms with Gasteiger partial charge in [-0.25, -0.2) is 0 Å². The average molecular weight is 255 g/mol. The van der Waals surface area contributed by atoms with Crippen LogP contribution < -0.4 is 16.4 Å². The molecule has 0 spiro atoms. The molecule has 0 saturated heterocycles. The first kappa shape index (κ1) is 15.0. The molecule has 0 aliphatic heterocycles. The predicted octanol–water partition coefficient (Wildman–Crippen LogP) is 0.392. The van der Waals surface area contributed by atoms with Gasteiger partial charge in [0.15, 0.2) is 0 Å². The highest BCUT2D eigenvalue weighted by atomic mass is 16.2. The summed E-state index contributed by atoms with van der Waals surface area (Å²) in [4.78, 5) is 23.6. The van der Waals surface area contributed by atoms with Crippen LogP contribution in [0.5, 0.6) is 0 Å². The summed E-state index contributed by atoms with van der Waals surface area (Å²) in [6.45, 7) is 4.80. The first-order valence-corrected chi connectivity index (χ1v) is 6.86. The molecule has 0 heterocycles. The Morgan fingerprint density at radius 1 is 1.39 bits per heavy atom. The average Bonchev–Trinajstić information content (AvgIpc) is 2.39. The fourth-order valence-corrected chi connectivity index (χ4v) is 2.47. The zero-order chi connectivity index (χ0) is 13.5. The number of rotatable bonds is 5. The Bertz CT molecular complexity index is 294. The van der Waals surface area contributed by atoms with Crippen molar-refractivity contribution in [2.24, 2.45) is 17.6 Å². The van der Waals surface area contributed by atoms with Crippen molar-refractivity contribution in [2.45, 2.75) is 45.6 Å². The highest BCUT2D eigenvalue weighted by Gasteiger charge is 2.28. The molecule has 1 fully saturated rings. The second kappa shape index (κ2) is 7.36. The van der Waals surface area contributed by atoms with Crippen molar-refractivity contribution in [1.82, 2.24) is 10.6 Å². The van der Waals surface area contributed by atoms with E-state index in [1.807, 2.05) is 6.92 Å². The van der Waals surface area contributed by atoms with E-state index in [-0.39, 0.29) is 17.7 Å². The van der Waals surface area contributed by atoms with E-state index in [9.17, 15) is 9.59 Å². The number of hydrogen-bond acceptors (Lipinski definition) is 3. The maximum absolute atomic E-state index is 12.0. The van der Waals surface area contributed by atoms with Gasteiger partial charge < -0.3 is 16.4 Å². The molecule has 5 heteroatoms. The number of carbonyl (C=O) groups is 2. The fraction of sp³-hybridized carbons (Fsp3) is 0.846. The van der Waals surface area contributed by atoms with E-state index in [4.69, 9.17) is 5.73 Å². The smallest absolute Gasteiger partial charge is 0.242 e. The first-order valence-electron chi connectivity index (χ1n) is 6.86. The molecule has 1 saturated carbocycles. The van der Waals surface area contributed by atoms with Crippen molar-refractivity contribution >= 4 is 11.8 Å². The molecule has 0 bridgehead atoms. The number of carbonyl (C=O) groups excluding carboxylic acids is 2. The molecule has 0 aromatic rings. The summed E-state index contributed by atoms with van der Waals surface area (Å²) in [6, 6.07) is -0.462. The Labute approximate surface area is 109 Å². The zero-order valence-electron chi connectivity index (χ0n) is 11.4. The highest BCUT2D eigenvalue weighted by molar-refractivity contribution is 5.88. The summed E-state index contributed by atoms with van der Waals surface area (Å²) >= 11 is 0. The van der Waals surface area contributed by atoms with Crippen molar-refractivity contribution in [1.29, 1.82) is 0 Å². The summed E-state index contributed by atoms with van der Waals surface area (Å²) < 4.78 is 0. The standard InChI is InChI=1S/C13H25N3O2/c1-3-15-12(17)9(2)16-13(18)11-6-4-5-10(7-11)8-14/h9-11H,3-8,14H2,1-2H3,(H,15,17)(H,16,18). The lowest BCUT2D eigenvalue weighted by atomic mass is 9.81. The maximum atomic E-state index is 12.0. The Kier molecular flexibility index (Phi) is 6.12. The largest absolute Gasteiger partial charge is 0.355 e. The fourth-order valence-electron chi connectivity index (χ4n) is 2.47. The number of nitrogens with two attached hydrogens (primary N) is 1. The second-order valence-electron chi connectivity index (χ2n) is 5.09. The summed E-state index contributed by atoms with van der Waals surface area (Å²) in [6.07, 6.45) is 3.93. The van der Waals surface area contributed by atoms with E-state index in [1.165, 1.54) is 0 Å². The predicted molar refractivity (Wildman–Crippen MR) is 70.8 cm³/mol. The van der Waals surface area contributed by atoms with Gasteiger partial charge in [0.25, 0.3) is 0 Å². The first-order chi connectivity index (χ1) is 8.58. The van der Waals surface area contributed by atoms with Crippen LogP contribution in [0.4, 0.5) is 0 Å². The Balaban J connectivity index is 2.42. The molecule has 2 amide bonds. The van der Waals surface area contributed by atoms with Gasteiger partial charge in [-0.3, -0.25) is 9.59 Å². The molecule has 1 rings (SSSR count). The van der Waals surface area contributed by atoms with Crippen molar-refractivity contribution in [3.8, 4) is 0 Å². The molecular formula is C13H25N3O2. The third-order valence-electron chi connectivity index (χ3n) is 3.59. The molecule has 1 aliphatic rings. The lowest BCUT2D eigenvalue weighted by molar-refractivity contribution is -0.131. The van der Waals surface area contributed by atoms with Gasteiger partial charge in [-0.1, -0.05) is 6.42 Å². The minimum Gasteiger partial charge on any atom is -0.355 e. The third kappa shape index (κ3) is 4.29. The topological polar surface area (TPSA) is 84.2 Å². The molecule has 1 aliphatic carbocycles. The molecule has 18 heavy (non-hydrogen) atoms. The van der Waals surface area contributed by atoms with Gasteiger partial charge in [-0.15, -0.1) is 0 Å². The van der Waals surface area contributed by atoms with Gasteiger partial charge in [0.1, 0.15) is 6.04 Å². The maximum Gasteiger partial charge on any atom is 0.242 e. The SMILES string of the molecule is CCNC(=O)C(C)NC(=O)C1CCCC(CN)C1. The van der Waals surface area contributed by atoms with Gasteiger partial charge in [-0.05, 0) is 45.6 Å². The van der Waals surface area contributed by atoms with Gasteiger partial charge in [0.2, 0.25) is 11.8 Å². The van der Waals surface area contributed by atoms with E-state index in [0.29, 0.717) is 19.0 Å². The van der Waals surface area contributed by atoms with Crippen LogP contribution in [0.25, 0.3) is 0 Å². The number of nitrogens with one attached hydrogen (secondary N) is 2. The Morgan fingerprint density at radius 3 is 2.72 bits per heavy atom. The second-order valence-corrected chi connectivity index (χ2v) is 5.09. The summed E-state index contributed by atoms with van der Waals surface area (Å²) in [5.41, 5.74) is 5.66. The van der Waals surface area contributed by atoms with E-state index >= 15 is 0 Å². The zero-order valence-corrected chi connectivity index (χ0v) is 11.4. The van der Waals surface area contributed by atoms with Crippen LogP contribution in [0.3, 0.4) is 0 Å². The van der Waals surface area contributed by atoms with Crippen LogP contribution in [0.15, 0.2) is 0 Å². The van der Waals surface area contributed by atoms with Gasteiger partial charge >= 0.3 is 0 Å². The van der Waals surface area contributed by atoms with Crippen LogP contribution in [0.1, 0.15) is 39.5 Å². The molecule has 4 N–H and O–H groups in total. The molecule has 0 radical (unpaired) electrons. The third-order valence-corrected chi connectivity index (χ3v) is 3.59. The van der Waals surface area contributed by atoms with E-state index in [0.717, 1.165) is 25.7 Å². The minimum absolute atomic E-state index is 0.00750. The van der Waals surface area contributed by atoms with E-state index < -0.39 is 6.04 Å². The van der Waals surface area contributed by atoms with Gasteiger partial charge in [-0.2, -0.15) is 0 Å². The molecule has 5 nitrogen and oxygen atoms in total. The molecule has 0 aromatic heterocycles. The number of hydrogen-bond donors (Lipinski definition) is 3. The molecule has 3 unspecified atom stereocenters. The van der Waals surface area contributed by atoms with Crippen molar-refractivity contribution < 1.29 is 9.59 Å². The Hall–Kier alpha value is -1.10. The van der Waals surface area contributed by atoms with Crippen molar-refractivity contribution in [2.75, 3.05) is 13.1 Å². The van der Waals surface area contributed by atoms with Gasteiger partial charge in [0, 0.05) is 12.5 Å². The van der Waals surface area contributed by atoms with Gasteiger partial charge in [0.05, 0.1) is 0 Å². The quantitative estimate of drug-likeness (QED) is 0.664. The summed E-state index contributed by atoms with van der Waals surface area (Å²) in [5, 5.41) is 5.49. The lowest BCUT2D eigenvalue weighted by Crippen LogP contribution is -2.47. The Morgan fingerprint density at radius 2 is 2.11 bits per heavy atom. The highest BCUT2D eigenvalue weighted by Crippen LogP contribution is 2.28. The lowest BCUT2D eigenvalue weighted by Gasteiger charge is -2.28. The van der Waals surface area contributed by atoms with Crippen LogP contribution in [-0.4, -0.2) is 30.9 Å². The van der Waals surface area contributed by atoms with Crippen molar-refractivity contribution in [3.63, 3.8) is 0 Å². The normalized spacial score (nSPS) is 25.3. The van der Waals surface area contributed by atoms with Crippen LogP contribution in [0.2, 0.25) is 0 Å². The van der Waals surface area contributed by atoms with Crippen LogP contribution in [-0.2, 0) is 9.59 Å². The van der Waals surface area contributed by atoms with Crippen molar-refractivity contribution in [3.05, 3.63) is 0 Å². The monoisotopic (exact) mass is 255 g/mol. The molecule has 104 valence electrons. The minimum atomic E-state index is -0.462. The molecule has 0 aromatic carbocycles. The molecule has 3 atom stereocenters. The number of amides is 2. The molecular weight excluding hydrogens is 230 g/mol.